The van der Waals surface area contributed by atoms with Crippen molar-refractivity contribution in [3.63, 3.8) is 0 Å². The predicted molar refractivity (Wildman–Crippen MR) is 72.1 cm³/mol. The number of benzene rings is 1. The van der Waals surface area contributed by atoms with Crippen LogP contribution in [-0.2, 0) is 9.53 Å². The Morgan fingerprint density at radius 3 is 2.83 bits per heavy atom. The normalized spacial score (nSPS) is 19.2. The number of nitrogens with zero attached hydrogens (tertiary/aromatic N) is 1. The van der Waals surface area contributed by atoms with Crippen LogP contribution < -0.4 is 4.90 Å². The molecule has 1 fully saturated rings. The van der Waals surface area contributed by atoms with Gasteiger partial charge in [0.2, 0.25) is 5.91 Å². The fourth-order valence-electron chi connectivity index (χ4n) is 1.91. The molecule has 4 nitrogen and oxygen atoms in total. The molecule has 1 atom stereocenters. The van der Waals surface area contributed by atoms with Crippen molar-refractivity contribution in [1.82, 2.24) is 0 Å². The summed E-state index contributed by atoms with van der Waals surface area (Å²) in [6.45, 7) is 0.404. The molecule has 1 amide bonds. The molecule has 2 rings (SSSR count). The molecule has 0 spiro atoms. The third-order valence-electron chi connectivity index (χ3n) is 2.73. The Balaban J connectivity index is 2.45. The second-order valence-corrected chi connectivity index (χ2v) is 5.49. The monoisotopic (exact) mass is 331 g/mol. The number of amides is 1. The highest BCUT2D eigenvalue weighted by Gasteiger charge is 2.31. The Labute approximate surface area is 118 Å². The number of carbonyl (C=O) groups excluding carboxylic acids is 2. The maximum atomic E-state index is 11.8. The van der Waals surface area contributed by atoms with E-state index in [0.29, 0.717) is 17.8 Å². The molecule has 0 aromatic heterocycles. The second-order valence-electron chi connectivity index (χ2n) is 3.96. The number of anilines is 1. The summed E-state index contributed by atoms with van der Waals surface area (Å²) in [5, 5.41) is -0.220. The zero-order valence-electron chi connectivity index (χ0n) is 9.65. The van der Waals surface area contributed by atoms with Crippen molar-refractivity contribution in [1.29, 1.82) is 0 Å². The number of rotatable bonds is 2. The van der Waals surface area contributed by atoms with Crippen molar-refractivity contribution >= 4 is 45.1 Å². The molecule has 0 aliphatic carbocycles. The lowest BCUT2D eigenvalue weighted by Crippen LogP contribution is -2.26. The van der Waals surface area contributed by atoms with E-state index < -0.39 is 5.97 Å². The molecule has 1 aliphatic rings. The minimum atomic E-state index is -0.469. The lowest BCUT2D eigenvalue weighted by atomic mass is 10.1. The first-order valence-electron chi connectivity index (χ1n) is 5.35. The highest BCUT2D eigenvalue weighted by atomic mass is 79.9. The summed E-state index contributed by atoms with van der Waals surface area (Å²) in [7, 11) is 1.31. The van der Waals surface area contributed by atoms with Gasteiger partial charge >= 0.3 is 5.97 Å². The minimum Gasteiger partial charge on any atom is -0.465 e. The first kappa shape index (κ1) is 13.4. The van der Waals surface area contributed by atoms with Crippen LogP contribution in [0.2, 0.25) is 0 Å². The predicted octanol–water partition coefficient (Wildman–Crippen LogP) is 2.58. The SMILES string of the molecule is COC(=O)c1ccc(Br)cc1N1CC(Cl)CC1=O. The number of methoxy groups -OCH3 is 1. The van der Waals surface area contributed by atoms with Crippen LogP contribution in [0.5, 0.6) is 0 Å². The van der Waals surface area contributed by atoms with Gasteiger partial charge in [0.1, 0.15) is 0 Å². The molecule has 0 bridgehead atoms. The van der Waals surface area contributed by atoms with Gasteiger partial charge in [0.15, 0.2) is 0 Å². The van der Waals surface area contributed by atoms with Gasteiger partial charge in [0, 0.05) is 17.4 Å². The van der Waals surface area contributed by atoms with Gasteiger partial charge in [-0.3, -0.25) is 4.79 Å². The number of hydrogen-bond donors (Lipinski definition) is 0. The molecule has 18 heavy (non-hydrogen) atoms. The van der Waals surface area contributed by atoms with Gasteiger partial charge in [-0.05, 0) is 18.2 Å². The molecule has 6 heteroatoms. The number of halogens is 2. The van der Waals surface area contributed by atoms with Crippen LogP contribution in [0.25, 0.3) is 0 Å². The zero-order valence-corrected chi connectivity index (χ0v) is 12.0. The first-order chi connectivity index (χ1) is 8.52. The van der Waals surface area contributed by atoms with Gasteiger partial charge < -0.3 is 9.64 Å². The molecule has 1 saturated heterocycles. The van der Waals surface area contributed by atoms with E-state index >= 15 is 0 Å². The molecule has 0 N–H and O–H groups in total. The molecule has 0 saturated carbocycles. The summed E-state index contributed by atoms with van der Waals surface area (Å²) in [6.07, 6.45) is 0.286. The van der Waals surface area contributed by atoms with Crippen LogP contribution in [-0.4, -0.2) is 30.9 Å². The summed E-state index contributed by atoms with van der Waals surface area (Å²) in [5.41, 5.74) is 0.893. The molecular weight excluding hydrogens is 321 g/mol. The Kier molecular flexibility index (Phi) is 3.92. The molecule has 1 aromatic rings. The topological polar surface area (TPSA) is 46.6 Å². The van der Waals surface area contributed by atoms with Gasteiger partial charge in [0.05, 0.1) is 23.7 Å². The number of carbonyl (C=O) groups is 2. The number of alkyl halides is 1. The van der Waals surface area contributed by atoms with Gasteiger partial charge in [-0.15, -0.1) is 11.6 Å². The molecule has 1 heterocycles. The molecule has 96 valence electrons. The van der Waals surface area contributed by atoms with E-state index in [-0.39, 0.29) is 17.7 Å². The maximum Gasteiger partial charge on any atom is 0.339 e. The highest BCUT2D eigenvalue weighted by molar-refractivity contribution is 9.10. The van der Waals surface area contributed by atoms with Crippen LogP contribution in [0.3, 0.4) is 0 Å². The quantitative estimate of drug-likeness (QED) is 0.618. The maximum absolute atomic E-state index is 11.8. The van der Waals surface area contributed by atoms with E-state index in [1.54, 1.807) is 18.2 Å². The van der Waals surface area contributed by atoms with Crippen molar-refractivity contribution in [2.45, 2.75) is 11.8 Å². The molecular formula is C12H11BrClNO3. The minimum absolute atomic E-state index is 0.0850. The molecule has 1 aromatic carbocycles. The fourth-order valence-corrected chi connectivity index (χ4v) is 2.53. The van der Waals surface area contributed by atoms with Crippen molar-refractivity contribution in [2.75, 3.05) is 18.6 Å². The molecule has 1 unspecified atom stereocenters. The van der Waals surface area contributed by atoms with E-state index in [4.69, 9.17) is 16.3 Å². The Morgan fingerprint density at radius 1 is 1.56 bits per heavy atom. The summed E-state index contributed by atoms with van der Waals surface area (Å²) < 4.78 is 5.50. The van der Waals surface area contributed by atoms with Gasteiger partial charge in [-0.1, -0.05) is 15.9 Å². The van der Waals surface area contributed by atoms with E-state index in [1.807, 2.05) is 0 Å². The van der Waals surface area contributed by atoms with E-state index in [2.05, 4.69) is 15.9 Å². The number of esters is 1. The van der Waals surface area contributed by atoms with Crippen molar-refractivity contribution in [2.24, 2.45) is 0 Å². The van der Waals surface area contributed by atoms with E-state index in [0.717, 1.165) is 4.47 Å². The van der Waals surface area contributed by atoms with Crippen molar-refractivity contribution in [3.8, 4) is 0 Å². The second kappa shape index (κ2) is 5.28. The highest BCUT2D eigenvalue weighted by Crippen LogP contribution is 2.30. The average molecular weight is 333 g/mol. The molecule has 1 aliphatic heterocycles. The van der Waals surface area contributed by atoms with Crippen molar-refractivity contribution in [3.05, 3.63) is 28.2 Å². The lowest BCUT2D eigenvalue weighted by molar-refractivity contribution is -0.117. The summed E-state index contributed by atoms with van der Waals surface area (Å²) >= 11 is 9.29. The average Bonchev–Trinajstić information content (AvgIpc) is 2.67. The van der Waals surface area contributed by atoms with Crippen LogP contribution in [0, 0.1) is 0 Å². The first-order valence-corrected chi connectivity index (χ1v) is 6.58. The lowest BCUT2D eigenvalue weighted by Gasteiger charge is -2.19. The third kappa shape index (κ3) is 2.52. The van der Waals surface area contributed by atoms with Crippen LogP contribution in [0.4, 0.5) is 5.69 Å². The van der Waals surface area contributed by atoms with Crippen LogP contribution in [0.1, 0.15) is 16.8 Å². The Morgan fingerprint density at radius 2 is 2.28 bits per heavy atom. The number of ether oxygens (including phenoxy) is 1. The summed E-state index contributed by atoms with van der Waals surface area (Å²) in [6, 6.07) is 5.08. The largest absolute Gasteiger partial charge is 0.465 e. The standard InChI is InChI=1S/C12H11BrClNO3/c1-18-12(17)9-3-2-7(13)4-10(9)15-6-8(14)5-11(15)16/h2-4,8H,5-6H2,1H3. The van der Waals surface area contributed by atoms with Crippen LogP contribution >= 0.6 is 27.5 Å². The smallest absolute Gasteiger partial charge is 0.339 e. The Bertz CT molecular complexity index is 506. The van der Waals surface area contributed by atoms with Crippen molar-refractivity contribution < 1.29 is 14.3 Å². The summed E-state index contributed by atoms with van der Waals surface area (Å²) in [4.78, 5) is 25.0. The third-order valence-corrected chi connectivity index (χ3v) is 3.52. The van der Waals surface area contributed by atoms with Gasteiger partial charge in [-0.25, -0.2) is 4.79 Å². The Hall–Kier alpha value is -1.07. The van der Waals surface area contributed by atoms with Gasteiger partial charge in [0.25, 0.3) is 0 Å². The fraction of sp³-hybridized carbons (Fsp3) is 0.333. The summed E-state index contributed by atoms with van der Waals surface area (Å²) in [5.74, 6) is -0.554. The van der Waals surface area contributed by atoms with Gasteiger partial charge in [-0.2, -0.15) is 0 Å². The van der Waals surface area contributed by atoms with Crippen LogP contribution in [0.15, 0.2) is 22.7 Å². The zero-order chi connectivity index (χ0) is 13.3. The van der Waals surface area contributed by atoms with E-state index in [9.17, 15) is 9.59 Å². The number of hydrogen-bond acceptors (Lipinski definition) is 3. The molecule has 0 radical (unpaired) electrons. The van der Waals surface area contributed by atoms with E-state index in [1.165, 1.54) is 12.0 Å².